The van der Waals surface area contributed by atoms with E-state index in [9.17, 15) is 0 Å². The van der Waals surface area contributed by atoms with E-state index in [0.717, 1.165) is 16.7 Å². The van der Waals surface area contributed by atoms with E-state index in [1.165, 1.54) is 25.7 Å². The van der Waals surface area contributed by atoms with Gasteiger partial charge in [0.2, 0.25) is 0 Å². The van der Waals surface area contributed by atoms with E-state index in [1.54, 1.807) is 6.42 Å². The number of rotatable bonds is 2. The van der Waals surface area contributed by atoms with Crippen molar-refractivity contribution in [3.05, 3.63) is 0 Å². The first-order chi connectivity index (χ1) is 5.14. The topological polar surface area (TPSA) is 0 Å². The van der Waals surface area contributed by atoms with Crippen molar-refractivity contribution < 1.29 is 0 Å². The van der Waals surface area contributed by atoms with Crippen molar-refractivity contribution >= 4 is 0 Å². The summed E-state index contributed by atoms with van der Waals surface area (Å²) in [7, 11) is 0. The molecule has 2 fully saturated rings. The van der Waals surface area contributed by atoms with Crippen LogP contribution >= 0.6 is 0 Å². The van der Waals surface area contributed by atoms with Gasteiger partial charge in [0.15, 0.2) is 0 Å². The zero-order valence-electron chi connectivity index (χ0n) is 8.11. The molecule has 1 spiro atoms. The maximum absolute atomic E-state index is 2.46. The molecule has 0 aromatic heterocycles. The maximum Gasteiger partial charge on any atom is -0.0256 e. The van der Waals surface area contributed by atoms with Gasteiger partial charge in [-0.1, -0.05) is 33.6 Å². The third-order valence-corrected chi connectivity index (χ3v) is 4.26. The Morgan fingerprint density at radius 3 is 2.27 bits per heavy atom. The van der Waals surface area contributed by atoms with Crippen molar-refractivity contribution in [3.8, 4) is 0 Å². The van der Waals surface area contributed by atoms with Crippen LogP contribution in [0.4, 0.5) is 0 Å². The summed E-state index contributed by atoms with van der Waals surface area (Å²) in [5.74, 6) is 1.11. The highest BCUT2D eigenvalue weighted by molar-refractivity contribution is 5.13. The second-order valence-electron chi connectivity index (χ2n) is 5.19. The molecule has 11 heavy (non-hydrogen) atoms. The van der Waals surface area contributed by atoms with Crippen LogP contribution in [0.25, 0.3) is 0 Å². The molecule has 0 heteroatoms. The Labute approximate surface area is 70.4 Å². The molecular formula is C11H20. The van der Waals surface area contributed by atoms with Crippen molar-refractivity contribution in [2.75, 3.05) is 0 Å². The van der Waals surface area contributed by atoms with Gasteiger partial charge in [0.05, 0.1) is 0 Å². The van der Waals surface area contributed by atoms with Gasteiger partial charge in [0.1, 0.15) is 0 Å². The first-order valence-electron chi connectivity index (χ1n) is 5.14. The number of hydrogen-bond acceptors (Lipinski definition) is 0. The van der Waals surface area contributed by atoms with Gasteiger partial charge in [-0.15, -0.1) is 0 Å². The van der Waals surface area contributed by atoms with Gasteiger partial charge in [-0.05, 0) is 36.0 Å². The Balaban J connectivity index is 1.89. The van der Waals surface area contributed by atoms with Gasteiger partial charge in [0, 0.05) is 0 Å². The molecule has 1 unspecified atom stereocenters. The minimum absolute atomic E-state index is 0.740. The van der Waals surface area contributed by atoms with Crippen molar-refractivity contribution in [3.63, 3.8) is 0 Å². The number of hydrogen-bond donors (Lipinski definition) is 0. The van der Waals surface area contributed by atoms with Crippen molar-refractivity contribution in [2.45, 2.75) is 52.9 Å². The van der Waals surface area contributed by atoms with Gasteiger partial charge in [0.25, 0.3) is 0 Å². The molecule has 2 rings (SSSR count). The molecule has 0 nitrogen and oxygen atoms in total. The van der Waals surface area contributed by atoms with Crippen LogP contribution in [0, 0.1) is 16.7 Å². The SMILES string of the molecule is CCC1CC12CC(C)(CC)C2. The van der Waals surface area contributed by atoms with E-state index < -0.39 is 0 Å². The molecule has 0 aromatic carbocycles. The smallest absolute Gasteiger partial charge is 0.0256 e. The van der Waals surface area contributed by atoms with Crippen LogP contribution in [0.2, 0.25) is 0 Å². The van der Waals surface area contributed by atoms with E-state index in [1.807, 2.05) is 0 Å². The molecule has 2 aliphatic carbocycles. The van der Waals surface area contributed by atoms with Gasteiger partial charge in [-0.3, -0.25) is 0 Å². The minimum atomic E-state index is 0.740. The zero-order valence-corrected chi connectivity index (χ0v) is 8.11. The fraction of sp³-hybridized carbons (Fsp3) is 1.00. The average Bonchev–Trinajstić information content (AvgIpc) is 2.62. The first-order valence-corrected chi connectivity index (χ1v) is 5.14. The van der Waals surface area contributed by atoms with Crippen molar-refractivity contribution in [1.82, 2.24) is 0 Å². The standard InChI is InChI=1S/C11H20/c1-4-9-6-11(9)7-10(3,5-2)8-11/h9H,4-8H2,1-3H3. The predicted molar refractivity (Wildman–Crippen MR) is 48.5 cm³/mol. The molecule has 1 atom stereocenters. The Kier molecular flexibility index (Phi) is 1.41. The van der Waals surface area contributed by atoms with Gasteiger partial charge < -0.3 is 0 Å². The van der Waals surface area contributed by atoms with E-state index in [0.29, 0.717) is 0 Å². The monoisotopic (exact) mass is 152 g/mol. The lowest BCUT2D eigenvalue weighted by atomic mass is 9.58. The molecule has 0 saturated heterocycles. The molecule has 0 bridgehead atoms. The van der Waals surface area contributed by atoms with Crippen molar-refractivity contribution in [2.24, 2.45) is 16.7 Å². The molecule has 0 aliphatic heterocycles. The molecule has 2 aliphatic rings. The highest BCUT2D eigenvalue weighted by atomic mass is 14.7. The first kappa shape index (κ1) is 7.64. The van der Waals surface area contributed by atoms with Gasteiger partial charge >= 0.3 is 0 Å². The molecule has 0 heterocycles. The van der Waals surface area contributed by atoms with E-state index in [-0.39, 0.29) is 0 Å². The lowest BCUT2D eigenvalue weighted by Crippen LogP contribution is -2.36. The van der Waals surface area contributed by atoms with Crippen LogP contribution in [0.5, 0.6) is 0 Å². The molecule has 64 valence electrons. The Bertz CT molecular complexity index is 163. The summed E-state index contributed by atoms with van der Waals surface area (Å²) >= 11 is 0. The summed E-state index contributed by atoms with van der Waals surface area (Å²) in [6.45, 7) is 7.15. The van der Waals surface area contributed by atoms with Crippen molar-refractivity contribution in [1.29, 1.82) is 0 Å². The summed E-state index contributed by atoms with van der Waals surface area (Å²) in [6, 6.07) is 0. The normalized spacial score (nSPS) is 54.3. The third-order valence-electron chi connectivity index (χ3n) is 4.26. The second-order valence-corrected chi connectivity index (χ2v) is 5.19. The van der Waals surface area contributed by atoms with E-state index >= 15 is 0 Å². The fourth-order valence-corrected chi connectivity index (χ4v) is 3.34. The highest BCUT2D eigenvalue weighted by Gasteiger charge is 2.63. The lowest BCUT2D eigenvalue weighted by Gasteiger charge is -2.47. The minimum Gasteiger partial charge on any atom is -0.0651 e. The highest BCUT2D eigenvalue weighted by Crippen LogP contribution is 2.73. The summed E-state index contributed by atoms with van der Waals surface area (Å²) < 4.78 is 0. The van der Waals surface area contributed by atoms with E-state index in [2.05, 4.69) is 20.8 Å². The summed E-state index contributed by atoms with van der Waals surface area (Å²) in [4.78, 5) is 0. The Morgan fingerprint density at radius 1 is 1.27 bits per heavy atom. The summed E-state index contributed by atoms with van der Waals surface area (Å²) in [5.41, 5.74) is 1.61. The molecule has 2 saturated carbocycles. The maximum atomic E-state index is 2.46. The van der Waals surface area contributed by atoms with Gasteiger partial charge in [-0.25, -0.2) is 0 Å². The molecule has 0 amide bonds. The molecule has 0 radical (unpaired) electrons. The van der Waals surface area contributed by atoms with Crippen LogP contribution in [0.15, 0.2) is 0 Å². The van der Waals surface area contributed by atoms with Crippen LogP contribution in [0.1, 0.15) is 52.9 Å². The summed E-state index contributed by atoms with van der Waals surface area (Å²) in [6.07, 6.45) is 7.45. The second kappa shape index (κ2) is 2.02. The third kappa shape index (κ3) is 0.947. The largest absolute Gasteiger partial charge is 0.0651 e. The van der Waals surface area contributed by atoms with Crippen LogP contribution < -0.4 is 0 Å². The molecule has 0 aromatic rings. The fourth-order valence-electron chi connectivity index (χ4n) is 3.34. The quantitative estimate of drug-likeness (QED) is 0.567. The molecular weight excluding hydrogens is 132 g/mol. The Hall–Kier alpha value is 0. The average molecular weight is 152 g/mol. The summed E-state index contributed by atoms with van der Waals surface area (Å²) in [5, 5.41) is 0. The van der Waals surface area contributed by atoms with Crippen LogP contribution in [0.3, 0.4) is 0 Å². The zero-order chi connectivity index (χ0) is 8.11. The van der Waals surface area contributed by atoms with Crippen LogP contribution in [-0.4, -0.2) is 0 Å². The van der Waals surface area contributed by atoms with Crippen LogP contribution in [-0.2, 0) is 0 Å². The Morgan fingerprint density at radius 2 is 1.91 bits per heavy atom. The predicted octanol–water partition coefficient (Wildman–Crippen LogP) is 3.61. The lowest BCUT2D eigenvalue weighted by molar-refractivity contribution is 0.0380. The molecule has 0 N–H and O–H groups in total. The van der Waals surface area contributed by atoms with E-state index in [4.69, 9.17) is 0 Å². The van der Waals surface area contributed by atoms with Gasteiger partial charge in [-0.2, -0.15) is 0 Å².